The predicted molar refractivity (Wildman–Crippen MR) is 78.7 cm³/mol. The number of hydrogen-bond donors (Lipinski definition) is 1. The number of halogens is 1. The first-order valence-electron chi connectivity index (χ1n) is 6.83. The Morgan fingerprint density at radius 2 is 2.11 bits per heavy atom. The maximum atomic E-state index is 6.08. The lowest BCUT2D eigenvalue weighted by Crippen LogP contribution is -2.29. The molecule has 1 rings (SSSR count). The summed E-state index contributed by atoms with van der Waals surface area (Å²) in [5.41, 5.74) is 1.14. The van der Waals surface area contributed by atoms with E-state index in [1.54, 1.807) is 0 Å². The highest BCUT2D eigenvalue weighted by Gasteiger charge is 2.05. The van der Waals surface area contributed by atoms with Gasteiger partial charge in [-0.2, -0.15) is 0 Å². The Labute approximate surface area is 116 Å². The van der Waals surface area contributed by atoms with Crippen molar-refractivity contribution in [2.24, 2.45) is 0 Å². The summed E-state index contributed by atoms with van der Waals surface area (Å²) in [5.74, 6) is 0.904. The summed E-state index contributed by atoms with van der Waals surface area (Å²) >= 11 is 6.08. The van der Waals surface area contributed by atoms with E-state index in [9.17, 15) is 0 Å². The second-order valence-corrected chi connectivity index (χ2v) is 5.00. The van der Waals surface area contributed by atoms with E-state index in [1.165, 1.54) is 12.8 Å². The quantitative estimate of drug-likeness (QED) is 0.719. The Morgan fingerprint density at radius 3 is 2.78 bits per heavy atom. The summed E-state index contributed by atoms with van der Waals surface area (Å²) < 4.78 is 5.87. The molecule has 0 fully saturated rings. The van der Waals surface area contributed by atoms with Crippen molar-refractivity contribution in [1.82, 2.24) is 5.32 Å². The molecule has 3 heteroatoms. The molecule has 102 valence electrons. The minimum atomic E-state index is 0.174. The molecule has 1 N–H and O–H groups in total. The Balaban J connectivity index is 2.41. The number of aryl methyl sites for hydroxylation is 1. The zero-order chi connectivity index (χ0) is 13.4. The van der Waals surface area contributed by atoms with Gasteiger partial charge in [0, 0.05) is 11.6 Å². The smallest absolute Gasteiger partial charge is 0.120 e. The molecule has 0 aromatic heterocycles. The predicted octanol–water partition coefficient (Wildman–Crippen LogP) is 4.06. The largest absolute Gasteiger partial charge is 0.489 e. The minimum Gasteiger partial charge on any atom is -0.489 e. The van der Waals surface area contributed by atoms with E-state index in [0.29, 0.717) is 0 Å². The lowest BCUT2D eigenvalue weighted by Gasteiger charge is -2.16. The highest BCUT2D eigenvalue weighted by atomic mass is 35.5. The highest BCUT2D eigenvalue weighted by Crippen LogP contribution is 2.23. The van der Waals surface area contributed by atoms with Crippen LogP contribution in [-0.4, -0.2) is 19.2 Å². The molecule has 0 heterocycles. The van der Waals surface area contributed by atoms with Crippen molar-refractivity contribution in [3.8, 4) is 5.75 Å². The second-order valence-electron chi connectivity index (χ2n) is 4.59. The van der Waals surface area contributed by atoms with Crippen LogP contribution in [0.5, 0.6) is 5.75 Å². The number of ether oxygens (including phenoxy) is 1. The van der Waals surface area contributed by atoms with Gasteiger partial charge in [0.05, 0.1) is 0 Å². The van der Waals surface area contributed by atoms with E-state index < -0.39 is 0 Å². The molecule has 0 amide bonds. The molecule has 2 nitrogen and oxygen atoms in total. The van der Waals surface area contributed by atoms with Crippen molar-refractivity contribution in [2.75, 3.05) is 13.1 Å². The Hall–Kier alpha value is -0.730. The first-order valence-corrected chi connectivity index (χ1v) is 7.21. The summed E-state index contributed by atoms with van der Waals surface area (Å²) in [6, 6.07) is 5.88. The van der Waals surface area contributed by atoms with Crippen LogP contribution in [0.3, 0.4) is 0 Å². The van der Waals surface area contributed by atoms with Crippen molar-refractivity contribution < 1.29 is 4.74 Å². The van der Waals surface area contributed by atoms with Gasteiger partial charge in [-0.25, -0.2) is 0 Å². The van der Waals surface area contributed by atoms with Crippen molar-refractivity contribution >= 4 is 11.6 Å². The number of unbranched alkanes of at least 4 members (excludes halogenated alkanes) is 1. The van der Waals surface area contributed by atoms with Crippen molar-refractivity contribution in [2.45, 2.75) is 46.1 Å². The maximum absolute atomic E-state index is 6.08. The molecule has 0 radical (unpaired) electrons. The molecular formula is C15H24ClNO. The monoisotopic (exact) mass is 269 g/mol. The van der Waals surface area contributed by atoms with Gasteiger partial charge in [-0.15, -0.1) is 0 Å². The van der Waals surface area contributed by atoms with Crippen LogP contribution < -0.4 is 10.1 Å². The lowest BCUT2D eigenvalue weighted by atomic mass is 10.1. The third-order valence-electron chi connectivity index (χ3n) is 2.87. The Morgan fingerprint density at radius 1 is 1.33 bits per heavy atom. The van der Waals surface area contributed by atoms with Crippen LogP contribution in [0.4, 0.5) is 0 Å². The molecule has 0 aliphatic carbocycles. The van der Waals surface area contributed by atoms with Crippen LogP contribution in [-0.2, 0) is 6.42 Å². The van der Waals surface area contributed by atoms with E-state index >= 15 is 0 Å². The van der Waals surface area contributed by atoms with Crippen LogP contribution in [0.1, 0.15) is 39.2 Å². The van der Waals surface area contributed by atoms with E-state index in [2.05, 4.69) is 26.1 Å². The Bertz CT molecular complexity index is 354. The molecule has 0 aliphatic heterocycles. The summed E-state index contributed by atoms with van der Waals surface area (Å²) in [6.45, 7) is 8.32. The second kappa shape index (κ2) is 8.39. The van der Waals surface area contributed by atoms with E-state index in [-0.39, 0.29) is 6.10 Å². The summed E-state index contributed by atoms with van der Waals surface area (Å²) in [4.78, 5) is 0. The summed E-state index contributed by atoms with van der Waals surface area (Å²) in [5, 5.41) is 4.21. The zero-order valence-corrected chi connectivity index (χ0v) is 12.4. The zero-order valence-electron chi connectivity index (χ0n) is 11.6. The Kier molecular flexibility index (Phi) is 7.14. The number of hydrogen-bond acceptors (Lipinski definition) is 2. The van der Waals surface area contributed by atoms with Gasteiger partial charge in [0.2, 0.25) is 0 Å². The molecule has 1 aromatic rings. The molecule has 0 aliphatic rings. The van der Waals surface area contributed by atoms with Gasteiger partial charge in [0.1, 0.15) is 11.9 Å². The van der Waals surface area contributed by atoms with Crippen LogP contribution in [0.25, 0.3) is 0 Å². The molecular weight excluding hydrogens is 246 g/mol. The van der Waals surface area contributed by atoms with E-state index in [1.807, 2.05) is 18.2 Å². The fourth-order valence-corrected chi connectivity index (χ4v) is 2.03. The van der Waals surface area contributed by atoms with E-state index in [0.717, 1.165) is 35.8 Å². The maximum Gasteiger partial charge on any atom is 0.120 e. The third-order valence-corrected chi connectivity index (χ3v) is 3.24. The van der Waals surface area contributed by atoms with E-state index in [4.69, 9.17) is 16.3 Å². The SMILES string of the molecule is CCCCNCC(C)Oc1ccc(Cl)c(CC)c1. The number of benzene rings is 1. The molecule has 0 bridgehead atoms. The molecule has 1 aromatic carbocycles. The summed E-state index contributed by atoms with van der Waals surface area (Å²) in [6.07, 6.45) is 3.54. The summed E-state index contributed by atoms with van der Waals surface area (Å²) in [7, 11) is 0. The number of nitrogens with one attached hydrogen (secondary N) is 1. The molecule has 0 saturated carbocycles. The molecule has 1 atom stereocenters. The van der Waals surface area contributed by atoms with Crippen LogP contribution in [0.15, 0.2) is 18.2 Å². The van der Waals surface area contributed by atoms with Crippen LogP contribution >= 0.6 is 11.6 Å². The van der Waals surface area contributed by atoms with Gasteiger partial charge < -0.3 is 10.1 Å². The van der Waals surface area contributed by atoms with Gasteiger partial charge in [-0.1, -0.05) is 31.9 Å². The van der Waals surface area contributed by atoms with Crippen LogP contribution in [0, 0.1) is 0 Å². The number of rotatable bonds is 8. The lowest BCUT2D eigenvalue weighted by molar-refractivity contribution is 0.217. The van der Waals surface area contributed by atoms with Gasteiger partial charge in [-0.05, 0) is 50.1 Å². The van der Waals surface area contributed by atoms with Gasteiger partial charge in [-0.3, -0.25) is 0 Å². The molecule has 0 saturated heterocycles. The molecule has 1 unspecified atom stereocenters. The third kappa shape index (κ3) is 5.28. The highest BCUT2D eigenvalue weighted by molar-refractivity contribution is 6.31. The van der Waals surface area contributed by atoms with Crippen LogP contribution in [0.2, 0.25) is 5.02 Å². The average Bonchev–Trinajstić information content (AvgIpc) is 2.37. The van der Waals surface area contributed by atoms with Crippen molar-refractivity contribution in [3.63, 3.8) is 0 Å². The first kappa shape index (κ1) is 15.3. The van der Waals surface area contributed by atoms with Gasteiger partial charge in [0.25, 0.3) is 0 Å². The first-order chi connectivity index (χ1) is 8.67. The van der Waals surface area contributed by atoms with Gasteiger partial charge in [0.15, 0.2) is 0 Å². The normalized spacial score (nSPS) is 12.4. The van der Waals surface area contributed by atoms with Crippen molar-refractivity contribution in [1.29, 1.82) is 0 Å². The molecule has 18 heavy (non-hydrogen) atoms. The average molecular weight is 270 g/mol. The van der Waals surface area contributed by atoms with Crippen molar-refractivity contribution in [3.05, 3.63) is 28.8 Å². The fourth-order valence-electron chi connectivity index (χ4n) is 1.78. The topological polar surface area (TPSA) is 21.3 Å². The minimum absolute atomic E-state index is 0.174. The van der Waals surface area contributed by atoms with Gasteiger partial charge >= 0.3 is 0 Å². The standard InChI is InChI=1S/C15H24ClNO/c1-4-6-9-17-11-12(3)18-14-7-8-15(16)13(5-2)10-14/h7-8,10,12,17H,4-6,9,11H2,1-3H3. The molecule has 0 spiro atoms. The fraction of sp³-hybridized carbons (Fsp3) is 0.600.